The van der Waals surface area contributed by atoms with Crippen LogP contribution in [0.4, 0.5) is 9.93 Å². The van der Waals surface area contributed by atoms with Gasteiger partial charge in [-0.05, 0) is 23.8 Å². The number of hydrogen-bond donors (Lipinski definition) is 4. The molecule has 4 aromatic rings. The molecule has 0 spiro atoms. The molecule has 0 radical (unpaired) electrons. The number of hydrogen-bond acceptors (Lipinski definition) is 6. The van der Waals surface area contributed by atoms with Crippen molar-refractivity contribution in [1.29, 1.82) is 0 Å². The first-order valence-corrected chi connectivity index (χ1v) is 9.94. The van der Waals surface area contributed by atoms with Crippen molar-refractivity contribution in [3.63, 3.8) is 0 Å². The van der Waals surface area contributed by atoms with Gasteiger partial charge in [-0.2, -0.15) is 0 Å². The Kier molecular flexibility index (Phi) is 5.57. The lowest BCUT2D eigenvalue weighted by atomic mass is 10.1. The highest BCUT2D eigenvalue weighted by Gasteiger charge is 2.10. The number of fused-ring (bicyclic) bond motifs is 1. The molecule has 0 saturated carbocycles. The normalized spacial score (nSPS) is 11.5. The number of amides is 2. The Morgan fingerprint density at radius 1 is 1.17 bits per heavy atom. The molecule has 0 aliphatic rings. The smallest absolute Gasteiger partial charge is 0.312 e. The number of urea groups is 1. The summed E-state index contributed by atoms with van der Waals surface area (Å²) in [5, 5.41) is 8.97. The standard InChI is InChI=1S/C20H19N7O2S/c21-18(24-9-13-4-1-3-12-5-2-8-23-17(12)13)27-20-26-15(11-30-20)16-7-6-14(29-16)10-25-19(22)28/h1-8,11H,9-10H2,(H3,22,25,28)(H3,21,24,26,27). The summed E-state index contributed by atoms with van der Waals surface area (Å²) in [5.41, 5.74) is 13.6. The number of rotatable bonds is 6. The zero-order chi connectivity index (χ0) is 20.9. The fourth-order valence-corrected chi connectivity index (χ4v) is 3.55. The molecule has 3 aromatic heterocycles. The molecular weight excluding hydrogens is 402 g/mol. The van der Waals surface area contributed by atoms with Crippen molar-refractivity contribution in [2.45, 2.75) is 13.1 Å². The number of aliphatic imine (C=N–C) groups is 1. The van der Waals surface area contributed by atoms with Gasteiger partial charge < -0.3 is 26.5 Å². The third kappa shape index (κ3) is 4.55. The first kappa shape index (κ1) is 19.4. The van der Waals surface area contributed by atoms with Crippen molar-refractivity contribution in [3.05, 3.63) is 65.4 Å². The molecule has 10 heteroatoms. The number of carbonyl (C=O) groups excluding carboxylic acids is 1. The summed E-state index contributed by atoms with van der Waals surface area (Å²) >= 11 is 1.38. The molecule has 0 aliphatic heterocycles. The predicted octanol–water partition coefficient (Wildman–Crippen LogP) is 3.05. The molecule has 6 N–H and O–H groups in total. The van der Waals surface area contributed by atoms with Gasteiger partial charge in [0.1, 0.15) is 11.5 Å². The molecule has 3 heterocycles. The lowest BCUT2D eigenvalue weighted by Crippen LogP contribution is -2.28. The van der Waals surface area contributed by atoms with Crippen LogP contribution in [-0.4, -0.2) is 22.0 Å². The van der Waals surface area contributed by atoms with Gasteiger partial charge in [0.05, 0.1) is 18.6 Å². The number of nitrogens with one attached hydrogen (secondary N) is 2. The van der Waals surface area contributed by atoms with Gasteiger partial charge in [0.2, 0.25) is 0 Å². The van der Waals surface area contributed by atoms with E-state index in [2.05, 4.69) is 25.6 Å². The fourth-order valence-electron chi connectivity index (χ4n) is 2.84. The van der Waals surface area contributed by atoms with E-state index in [-0.39, 0.29) is 12.5 Å². The molecule has 4 rings (SSSR count). The van der Waals surface area contributed by atoms with Gasteiger partial charge in [-0.1, -0.05) is 24.3 Å². The van der Waals surface area contributed by atoms with Crippen LogP contribution in [0, 0.1) is 0 Å². The number of pyridine rings is 1. The summed E-state index contributed by atoms with van der Waals surface area (Å²) in [6.07, 6.45) is 1.76. The highest BCUT2D eigenvalue weighted by Crippen LogP contribution is 2.26. The van der Waals surface area contributed by atoms with Gasteiger partial charge in [-0.3, -0.25) is 4.98 Å². The number of thiazole rings is 1. The predicted molar refractivity (Wildman–Crippen MR) is 117 cm³/mol. The van der Waals surface area contributed by atoms with Crippen molar-refractivity contribution in [2.75, 3.05) is 5.32 Å². The lowest BCUT2D eigenvalue weighted by Gasteiger charge is -2.04. The van der Waals surface area contributed by atoms with Crippen LogP contribution in [0.15, 0.2) is 63.5 Å². The minimum absolute atomic E-state index is 0.215. The van der Waals surface area contributed by atoms with Crippen LogP contribution in [0.2, 0.25) is 0 Å². The second kappa shape index (κ2) is 8.62. The molecule has 0 bridgehead atoms. The zero-order valence-corrected chi connectivity index (χ0v) is 16.6. The molecule has 152 valence electrons. The van der Waals surface area contributed by atoms with Crippen LogP contribution >= 0.6 is 11.3 Å². The van der Waals surface area contributed by atoms with Crippen molar-refractivity contribution < 1.29 is 9.21 Å². The number of nitrogens with two attached hydrogens (primary N) is 2. The number of nitrogens with zero attached hydrogens (tertiary/aromatic N) is 3. The third-order valence-corrected chi connectivity index (χ3v) is 4.98. The summed E-state index contributed by atoms with van der Waals surface area (Å²) in [6.45, 7) is 0.618. The van der Waals surface area contributed by atoms with Crippen molar-refractivity contribution in [1.82, 2.24) is 15.3 Å². The van der Waals surface area contributed by atoms with Crippen LogP contribution < -0.4 is 22.1 Å². The van der Waals surface area contributed by atoms with Gasteiger partial charge in [0.25, 0.3) is 0 Å². The van der Waals surface area contributed by atoms with E-state index in [1.54, 1.807) is 18.3 Å². The number of primary amides is 1. The first-order valence-electron chi connectivity index (χ1n) is 9.06. The van der Waals surface area contributed by atoms with E-state index in [4.69, 9.17) is 15.9 Å². The largest absolute Gasteiger partial charge is 0.458 e. The molecule has 1 aromatic carbocycles. The van der Waals surface area contributed by atoms with Crippen LogP contribution in [0.5, 0.6) is 0 Å². The second-order valence-corrected chi connectivity index (χ2v) is 7.20. The minimum Gasteiger partial charge on any atom is -0.458 e. The van der Waals surface area contributed by atoms with Crippen molar-refractivity contribution in [2.24, 2.45) is 16.5 Å². The Morgan fingerprint density at radius 2 is 2.03 bits per heavy atom. The summed E-state index contributed by atoms with van der Waals surface area (Å²) in [5.74, 6) is 1.42. The van der Waals surface area contributed by atoms with Crippen molar-refractivity contribution in [3.8, 4) is 11.5 Å². The Morgan fingerprint density at radius 3 is 2.90 bits per heavy atom. The van der Waals surface area contributed by atoms with Crippen molar-refractivity contribution >= 4 is 39.4 Å². The average molecular weight is 421 g/mol. The Balaban J connectivity index is 1.41. The molecule has 0 fully saturated rings. The SMILES string of the molecule is NC(=O)NCc1ccc(-c2csc(NC(N)=NCc3cccc4cccnc34)n2)o1. The summed E-state index contributed by atoms with van der Waals surface area (Å²) in [6, 6.07) is 12.8. The van der Waals surface area contributed by atoms with Crippen LogP contribution in [-0.2, 0) is 13.1 Å². The van der Waals surface area contributed by atoms with E-state index in [9.17, 15) is 4.79 Å². The molecular formula is C20H19N7O2S. The van der Waals surface area contributed by atoms with Gasteiger partial charge >= 0.3 is 6.03 Å². The number of anilines is 1. The second-order valence-electron chi connectivity index (χ2n) is 6.34. The Labute approximate surface area is 175 Å². The molecule has 0 atom stereocenters. The van der Waals surface area contributed by atoms with E-state index < -0.39 is 6.03 Å². The molecule has 0 saturated heterocycles. The Hall–Kier alpha value is -3.92. The van der Waals surface area contributed by atoms with Crippen LogP contribution in [0.25, 0.3) is 22.4 Å². The third-order valence-electron chi connectivity index (χ3n) is 4.23. The maximum absolute atomic E-state index is 10.8. The lowest BCUT2D eigenvalue weighted by molar-refractivity contribution is 0.247. The number of furan rings is 1. The molecule has 0 unspecified atom stereocenters. The van der Waals surface area contributed by atoms with Gasteiger partial charge in [-0.25, -0.2) is 14.8 Å². The number of guanidine groups is 1. The Bertz CT molecular complexity index is 1210. The first-order chi connectivity index (χ1) is 14.6. The zero-order valence-electron chi connectivity index (χ0n) is 15.8. The number of aromatic nitrogens is 2. The highest BCUT2D eigenvalue weighted by atomic mass is 32.1. The summed E-state index contributed by atoms with van der Waals surface area (Å²) < 4.78 is 5.66. The van der Waals surface area contributed by atoms with Gasteiger partial charge in [0.15, 0.2) is 16.9 Å². The fraction of sp³-hybridized carbons (Fsp3) is 0.100. The van der Waals surface area contributed by atoms with E-state index >= 15 is 0 Å². The number of benzene rings is 1. The van der Waals surface area contributed by atoms with E-state index in [1.165, 1.54) is 11.3 Å². The van der Waals surface area contributed by atoms with Crippen LogP contribution in [0.1, 0.15) is 11.3 Å². The monoisotopic (exact) mass is 421 g/mol. The van der Waals surface area contributed by atoms with E-state index in [0.29, 0.717) is 28.9 Å². The molecule has 30 heavy (non-hydrogen) atoms. The highest BCUT2D eigenvalue weighted by molar-refractivity contribution is 7.14. The minimum atomic E-state index is -0.609. The molecule has 9 nitrogen and oxygen atoms in total. The quantitative estimate of drug-likeness (QED) is 0.278. The summed E-state index contributed by atoms with van der Waals surface area (Å²) in [7, 11) is 0. The van der Waals surface area contributed by atoms with Crippen LogP contribution in [0.3, 0.4) is 0 Å². The molecule has 2 amide bonds. The maximum atomic E-state index is 10.8. The van der Waals surface area contributed by atoms with E-state index in [0.717, 1.165) is 16.5 Å². The van der Waals surface area contributed by atoms with E-state index in [1.807, 2.05) is 35.7 Å². The number of carbonyl (C=O) groups is 1. The maximum Gasteiger partial charge on any atom is 0.312 e. The summed E-state index contributed by atoms with van der Waals surface area (Å²) in [4.78, 5) is 24.1. The van der Waals surface area contributed by atoms with Gasteiger partial charge in [-0.15, -0.1) is 11.3 Å². The average Bonchev–Trinajstić information content (AvgIpc) is 3.40. The topological polar surface area (TPSA) is 144 Å². The molecule has 0 aliphatic carbocycles. The van der Waals surface area contributed by atoms with Gasteiger partial charge in [0, 0.05) is 17.0 Å². The number of para-hydroxylation sites is 1.